The van der Waals surface area contributed by atoms with E-state index in [9.17, 15) is 0 Å². The van der Waals surface area contributed by atoms with Crippen molar-refractivity contribution in [3.8, 4) is 0 Å². The van der Waals surface area contributed by atoms with Gasteiger partial charge in [0.25, 0.3) is 0 Å². The molecule has 1 aromatic rings. The average molecular weight is 310 g/mol. The van der Waals surface area contributed by atoms with Crippen LogP contribution in [0.15, 0.2) is 24.3 Å². The molecule has 2 N–H and O–H groups in total. The maximum atomic E-state index is 6.45. The van der Waals surface area contributed by atoms with Crippen LogP contribution >= 0.6 is 11.6 Å². The monoisotopic (exact) mass is 309 g/mol. The summed E-state index contributed by atoms with van der Waals surface area (Å²) in [6.07, 6.45) is 0.972. The molecule has 2 rings (SSSR count). The van der Waals surface area contributed by atoms with Gasteiger partial charge >= 0.3 is 0 Å². The number of likely N-dealkylation sites (N-methyl/N-ethyl adjacent to an activating group) is 1. The SMILES string of the molecule is CCC(N)C(c1ccc(Cl)cc1)N1CCN(C)C(C)(C)C1. The van der Waals surface area contributed by atoms with E-state index in [1.54, 1.807) is 0 Å². The Balaban J connectivity index is 2.26. The summed E-state index contributed by atoms with van der Waals surface area (Å²) in [7, 11) is 2.20. The molecular weight excluding hydrogens is 282 g/mol. The Hall–Kier alpha value is -0.610. The number of nitrogens with zero attached hydrogens (tertiary/aromatic N) is 2. The van der Waals surface area contributed by atoms with Crippen LogP contribution in [0, 0.1) is 0 Å². The van der Waals surface area contributed by atoms with Gasteiger partial charge in [-0.2, -0.15) is 0 Å². The van der Waals surface area contributed by atoms with Gasteiger partial charge in [-0.3, -0.25) is 9.80 Å². The van der Waals surface area contributed by atoms with Crippen LogP contribution in [0.2, 0.25) is 5.02 Å². The van der Waals surface area contributed by atoms with E-state index in [4.69, 9.17) is 17.3 Å². The van der Waals surface area contributed by atoms with Crippen LogP contribution in [0.25, 0.3) is 0 Å². The van der Waals surface area contributed by atoms with Crippen LogP contribution in [-0.4, -0.2) is 48.1 Å². The van der Waals surface area contributed by atoms with Crippen molar-refractivity contribution in [2.75, 3.05) is 26.7 Å². The number of halogens is 1. The molecule has 0 spiro atoms. The minimum atomic E-state index is 0.144. The molecule has 1 aliphatic rings. The van der Waals surface area contributed by atoms with Crippen molar-refractivity contribution in [2.24, 2.45) is 5.73 Å². The molecule has 4 heteroatoms. The second kappa shape index (κ2) is 6.66. The summed E-state index contributed by atoms with van der Waals surface area (Å²) >= 11 is 6.03. The Morgan fingerprint density at radius 2 is 1.86 bits per heavy atom. The maximum Gasteiger partial charge on any atom is 0.0500 e. The van der Waals surface area contributed by atoms with Crippen molar-refractivity contribution in [1.82, 2.24) is 9.80 Å². The van der Waals surface area contributed by atoms with Gasteiger partial charge in [0.2, 0.25) is 0 Å². The quantitative estimate of drug-likeness (QED) is 0.927. The van der Waals surface area contributed by atoms with E-state index >= 15 is 0 Å². The molecule has 0 aliphatic carbocycles. The Morgan fingerprint density at radius 1 is 1.24 bits per heavy atom. The van der Waals surface area contributed by atoms with Gasteiger partial charge in [0.1, 0.15) is 0 Å². The van der Waals surface area contributed by atoms with Gasteiger partial charge in [0, 0.05) is 42.3 Å². The van der Waals surface area contributed by atoms with Crippen molar-refractivity contribution in [3.63, 3.8) is 0 Å². The first kappa shape index (κ1) is 16.8. The number of nitrogens with two attached hydrogens (primary N) is 1. The van der Waals surface area contributed by atoms with E-state index in [1.807, 2.05) is 12.1 Å². The number of hydrogen-bond donors (Lipinski definition) is 1. The summed E-state index contributed by atoms with van der Waals surface area (Å²) in [6.45, 7) is 9.93. The van der Waals surface area contributed by atoms with Gasteiger partial charge in [-0.15, -0.1) is 0 Å². The molecule has 2 atom stereocenters. The summed E-state index contributed by atoms with van der Waals surface area (Å²) in [5.74, 6) is 0. The first-order valence-corrected chi connectivity index (χ1v) is 8.19. The molecule has 0 bridgehead atoms. The van der Waals surface area contributed by atoms with Crippen LogP contribution in [-0.2, 0) is 0 Å². The normalized spacial score (nSPS) is 23.0. The standard InChI is InChI=1S/C17H28ClN3/c1-5-15(19)16(13-6-8-14(18)9-7-13)21-11-10-20(4)17(2,3)12-21/h6-9,15-16H,5,10-12,19H2,1-4H3. The summed E-state index contributed by atoms with van der Waals surface area (Å²) in [5, 5.41) is 0.779. The Kier molecular flexibility index (Phi) is 5.31. The zero-order valence-electron chi connectivity index (χ0n) is 13.6. The molecule has 1 heterocycles. The fourth-order valence-electron chi connectivity index (χ4n) is 3.13. The maximum absolute atomic E-state index is 6.45. The molecule has 0 amide bonds. The molecule has 1 fully saturated rings. The molecule has 2 unspecified atom stereocenters. The third-order valence-corrected chi connectivity index (χ3v) is 5.08. The summed E-state index contributed by atoms with van der Waals surface area (Å²) in [4.78, 5) is 4.97. The molecule has 1 aliphatic heterocycles. The number of benzene rings is 1. The van der Waals surface area contributed by atoms with E-state index in [2.05, 4.69) is 49.8 Å². The van der Waals surface area contributed by atoms with Crippen LogP contribution in [0.5, 0.6) is 0 Å². The van der Waals surface area contributed by atoms with Crippen molar-refractivity contribution < 1.29 is 0 Å². The molecule has 3 nitrogen and oxygen atoms in total. The summed E-state index contributed by atoms with van der Waals surface area (Å²) < 4.78 is 0. The van der Waals surface area contributed by atoms with E-state index < -0.39 is 0 Å². The van der Waals surface area contributed by atoms with Crippen molar-refractivity contribution in [1.29, 1.82) is 0 Å². The fraction of sp³-hybridized carbons (Fsp3) is 0.647. The minimum absolute atomic E-state index is 0.144. The van der Waals surface area contributed by atoms with Crippen LogP contribution < -0.4 is 5.73 Å². The minimum Gasteiger partial charge on any atom is -0.326 e. The number of hydrogen-bond acceptors (Lipinski definition) is 3. The highest BCUT2D eigenvalue weighted by atomic mass is 35.5. The predicted octanol–water partition coefficient (Wildman–Crippen LogP) is 3.14. The second-order valence-electron chi connectivity index (χ2n) is 6.77. The average Bonchev–Trinajstić information content (AvgIpc) is 2.44. The van der Waals surface area contributed by atoms with Gasteiger partial charge in [-0.25, -0.2) is 0 Å². The topological polar surface area (TPSA) is 32.5 Å². The molecule has 0 saturated carbocycles. The molecule has 0 radical (unpaired) electrons. The highest BCUT2D eigenvalue weighted by Crippen LogP contribution is 2.31. The molecule has 0 aromatic heterocycles. The third kappa shape index (κ3) is 3.78. The number of piperazine rings is 1. The van der Waals surface area contributed by atoms with Crippen molar-refractivity contribution >= 4 is 11.6 Å². The Labute approximate surface area is 134 Å². The molecule has 1 saturated heterocycles. The van der Waals surface area contributed by atoms with E-state index in [0.717, 1.165) is 31.1 Å². The lowest BCUT2D eigenvalue weighted by Gasteiger charge is -2.49. The summed E-state index contributed by atoms with van der Waals surface area (Å²) in [5.41, 5.74) is 7.90. The van der Waals surface area contributed by atoms with E-state index in [-0.39, 0.29) is 17.6 Å². The van der Waals surface area contributed by atoms with E-state index in [1.165, 1.54) is 5.56 Å². The first-order valence-electron chi connectivity index (χ1n) is 7.81. The molecule has 1 aromatic carbocycles. The fourth-order valence-corrected chi connectivity index (χ4v) is 3.25. The van der Waals surface area contributed by atoms with E-state index in [0.29, 0.717) is 0 Å². The van der Waals surface area contributed by atoms with Crippen molar-refractivity contribution in [3.05, 3.63) is 34.9 Å². The largest absolute Gasteiger partial charge is 0.326 e. The zero-order chi connectivity index (χ0) is 15.6. The van der Waals surface area contributed by atoms with Gasteiger partial charge in [0.05, 0.1) is 0 Å². The molecule has 21 heavy (non-hydrogen) atoms. The van der Waals surface area contributed by atoms with Gasteiger partial charge in [-0.05, 0) is 45.0 Å². The molecule has 118 valence electrons. The summed E-state index contributed by atoms with van der Waals surface area (Å²) in [6, 6.07) is 8.58. The smallest absolute Gasteiger partial charge is 0.0500 e. The lowest BCUT2D eigenvalue weighted by atomic mass is 9.92. The highest BCUT2D eigenvalue weighted by Gasteiger charge is 2.36. The van der Waals surface area contributed by atoms with Crippen LogP contribution in [0.4, 0.5) is 0 Å². The third-order valence-electron chi connectivity index (χ3n) is 4.83. The first-order chi connectivity index (χ1) is 9.85. The number of rotatable bonds is 4. The van der Waals surface area contributed by atoms with Gasteiger partial charge < -0.3 is 5.73 Å². The molecular formula is C17H28ClN3. The van der Waals surface area contributed by atoms with Crippen LogP contribution in [0.1, 0.15) is 38.8 Å². The lowest BCUT2D eigenvalue weighted by molar-refractivity contribution is 0.00955. The van der Waals surface area contributed by atoms with Crippen molar-refractivity contribution in [2.45, 2.75) is 44.8 Å². The Morgan fingerprint density at radius 3 is 2.38 bits per heavy atom. The van der Waals surface area contributed by atoms with Gasteiger partial charge in [0.15, 0.2) is 0 Å². The Bertz CT molecular complexity index is 458. The predicted molar refractivity (Wildman–Crippen MR) is 90.7 cm³/mol. The highest BCUT2D eigenvalue weighted by molar-refractivity contribution is 6.30. The lowest BCUT2D eigenvalue weighted by Crippen LogP contribution is -2.59. The van der Waals surface area contributed by atoms with Gasteiger partial charge in [-0.1, -0.05) is 30.7 Å². The van der Waals surface area contributed by atoms with Crippen LogP contribution in [0.3, 0.4) is 0 Å². The zero-order valence-corrected chi connectivity index (χ0v) is 14.4. The second-order valence-corrected chi connectivity index (χ2v) is 7.21.